The van der Waals surface area contributed by atoms with E-state index < -0.39 is 10.0 Å². The van der Waals surface area contributed by atoms with Crippen LogP contribution in [0.1, 0.15) is 25.1 Å². The summed E-state index contributed by atoms with van der Waals surface area (Å²) in [4.78, 5) is 0. The number of hydrogen-bond acceptors (Lipinski definition) is 4. The molecule has 0 aliphatic heterocycles. The zero-order valence-electron chi connectivity index (χ0n) is 11.6. The van der Waals surface area contributed by atoms with Crippen LogP contribution in [-0.2, 0) is 22.3 Å². The molecular weight excluding hydrogens is 276 g/mol. The van der Waals surface area contributed by atoms with E-state index in [2.05, 4.69) is 9.68 Å². The van der Waals surface area contributed by atoms with Gasteiger partial charge in [-0.3, -0.25) is 0 Å². The van der Waals surface area contributed by atoms with Gasteiger partial charge < -0.3 is 4.52 Å². The second kappa shape index (κ2) is 6.19. The third-order valence-electron chi connectivity index (χ3n) is 2.94. The summed E-state index contributed by atoms with van der Waals surface area (Å²) >= 11 is 0. The molecule has 1 aromatic heterocycles. The molecule has 0 radical (unpaired) electrons. The van der Waals surface area contributed by atoms with Crippen LogP contribution in [0.2, 0.25) is 0 Å². The Balaban J connectivity index is 2.19. The second-order valence-electron chi connectivity index (χ2n) is 4.87. The van der Waals surface area contributed by atoms with Crippen LogP contribution in [0.4, 0.5) is 0 Å². The lowest BCUT2D eigenvalue weighted by Crippen LogP contribution is -2.37. The second-order valence-corrected chi connectivity index (χ2v) is 6.79. The molecular formula is C14H18N2O3S. The lowest BCUT2D eigenvalue weighted by Gasteiger charge is -2.25. The summed E-state index contributed by atoms with van der Waals surface area (Å²) in [5.41, 5.74) is 1.38. The van der Waals surface area contributed by atoms with Crippen molar-refractivity contribution in [2.45, 2.75) is 32.2 Å². The Kier molecular flexibility index (Phi) is 4.57. The zero-order chi connectivity index (χ0) is 14.6. The number of sulfonamides is 1. The summed E-state index contributed by atoms with van der Waals surface area (Å²) < 4.78 is 31.1. The highest BCUT2D eigenvalue weighted by Gasteiger charge is 2.26. The topological polar surface area (TPSA) is 63.4 Å². The van der Waals surface area contributed by atoms with Crippen LogP contribution in [0.15, 0.2) is 47.2 Å². The van der Waals surface area contributed by atoms with Gasteiger partial charge in [0.15, 0.2) is 0 Å². The number of nitrogens with zero attached hydrogens (tertiary/aromatic N) is 2. The molecule has 1 aromatic carbocycles. The minimum atomic E-state index is -3.43. The third-order valence-corrected chi connectivity index (χ3v) is 4.86. The van der Waals surface area contributed by atoms with Gasteiger partial charge in [0, 0.05) is 18.7 Å². The molecule has 2 rings (SSSR count). The molecule has 20 heavy (non-hydrogen) atoms. The lowest BCUT2D eigenvalue weighted by molar-refractivity contribution is 0.346. The molecule has 0 bridgehead atoms. The van der Waals surface area contributed by atoms with Gasteiger partial charge in [0.05, 0.1) is 5.69 Å². The predicted octanol–water partition coefficient (Wildman–Crippen LogP) is 2.42. The van der Waals surface area contributed by atoms with Crippen molar-refractivity contribution in [1.82, 2.24) is 9.46 Å². The van der Waals surface area contributed by atoms with Gasteiger partial charge >= 0.3 is 0 Å². The molecule has 0 aliphatic carbocycles. The van der Waals surface area contributed by atoms with Crippen molar-refractivity contribution in [3.05, 3.63) is 53.9 Å². The van der Waals surface area contributed by atoms with Crippen LogP contribution >= 0.6 is 0 Å². The maximum absolute atomic E-state index is 12.5. The van der Waals surface area contributed by atoms with E-state index in [0.717, 1.165) is 5.56 Å². The van der Waals surface area contributed by atoms with E-state index in [1.165, 1.54) is 10.6 Å². The molecule has 108 valence electrons. The summed E-state index contributed by atoms with van der Waals surface area (Å²) in [7, 11) is -3.43. The van der Waals surface area contributed by atoms with Gasteiger partial charge in [0.2, 0.25) is 10.0 Å². The van der Waals surface area contributed by atoms with Crippen LogP contribution in [0, 0.1) is 0 Å². The van der Waals surface area contributed by atoms with Crippen LogP contribution in [-0.4, -0.2) is 23.9 Å². The molecule has 0 aliphatic rings. The Morgan fingerprint density at radius 3 is 2.45 bits per heavy atom. The average Bonchev–Trinajstić information content (AvgIpc) is 2.88. The van der Waals surface area contributed by atoms with E-state index in [9.17, 15) is 8.42 Å². The van der Waals surface area contributed by atoms with Crippen LogP contribution in [0.5, 0.6) is 0 Å². The summed E-state index contributed by atoms with van der Waals surface area (Å²) in [5.74, 6) is -0.144. The maximum Gasteiger partial charge on any atom is 0.220 e. The van der Waals surface area contributed by atoms with Crippen molar-refractivity contribution < 1.29 is 12.9 Å². The van der Waals surface area contributed by atoms with E-state index in [-0.39, 0.29) is 11.8 Å². The third kappa shape index (κ3) is 3.68. The first-order valence-corrected chi connectivity index (χ1v) is 8.02. The Bertz CT molecular complexity index is 622. The van der Waals surface area contributed by atoms with Crippen LogP contribution in [0.3, 0.4) is 0 Å². The van der Waals surface area contributed by atoms with Crippen molar-refractivity contribution in [3.63, 3.8) is 0 Å². The quantitative estimate of drug-likeness (QED) is 0.820. The fourth-order valence-electron chi connectivity index (χ4n) is 1.95. The van der Waals surface area contributed by atoms with Gasteiger partial charge in [0.25, 0.3) is 0 Å². The Labute approximate surface area is 119 Å². The Morgan fingerprint density at radius 1 is 1.20 bits per heavy atom. The molecule has 0 unspecified atom stereocenters. The zero-order valence-corrected chi connectivity index (χ0v) is 12.4. The highest BCUT2D eigenvalue weighted by molar-refractivity contribution is 7.88. The van der Waals surface area contributed by atoms with Crippen LogP contribution in [0.25, 0.3) is 0 Å². The normalized spacial score (nSPS) is 12.2. The molecule has 1 heterocycles. The Morgan fingerprint density at radius 2 is 1.90 bits per heavy atom. The average molecular weight is 294 g/mol. The standard InChI is InChI=1S/C14H18N2O3S/c1-12(2)16(10-13-6-4-3-5-7-13)20(17,18)11-14-8-9-19-15-14/h3-9,12H,10-11H2,1-2H3. The molecule has 5 nitrogen and oxygen atoms in total. The molecule has 0 saturated heterocycles. The van der Waals surface area contributed by atoms with Gasteiger partial charge in [0.1, 0.15) is 12.0 Å². The van der Waals surface area contributed by atoms with Crippen molar-refractivity contribution >= 4 is 10.0 Å². The molecule has 2 aromatic rings. The minimum absolute atomic E-state index is 0.118. The SMILES string of the molecule is CC(C)N(Cc1ccccc1)S(=O)(=O)Cc1ccon1. The lowest BCUT2D eigenvalue weighted by atomic mass is 10.2. The van der Waals surface area contributed by atoms with E-state index in [0.29, 0.717) is 12.2 Å². The van der Waals surface area contributed by atoms with Crippen molar-refractivity contribution in [1.29, 1.82) is 0 Å². The number of hydrogen-bond donors (Lipinski definition) is 0. The van der Waals surface area contributed by atoms with Crippen molar-refractivity contribution in [2.75, 3.05) is 0 Å². The first-order chi connectivity index (χ1) is 9.49. The largest absolute Gasteiger partial charge is 0.364 e. The van der Waals surface area contributed by atoms with E-state index in [4.69, 9.17) is 0 Å². The molecule has 0 saturated carbocycles. The van der Waals surface area contributed by atoms with Gasteiger partial charge in [-0.1, -0.05) is 35.5 Å². The summed E-state index contributed by atoms with van der Waals surface area (Å²) in [6.07, 6.45) is 1.38. The van der Waals surface area contributed by atoms with Gasteiger partial charge in [-0.2, -0.15) is 4.31 Å². The summed E-state index contributed by atoms with van der Waals surface area (Å²) in [5, 5.41) is 3.67. The number of rotatable bonds is 6. The van der Waals surface area contributed by atoms with Gasteiger partial charge in [-0.05, 0) is 19.4 Å². The summed E-state index contributed by atoms with van der Waals surface area (Å²) in [6, 6.07) is 11.0. The molecule has 6 heteroatoms. The Hall–Kier alpha value is -1.66. The van der Waals surface area contributed by atoms with Gasteiger partial charge in [-0.15, -0.1) is 0 Å². The maximum atomic E-state index is 12.5. The number of benzene rings is 1. The molecule has 0 fully saturated rings. The fourth-order valence-corrected chi connectivity index (χ4v) is 3.62. The monoisotopic (exact) mass is 294 g/mol. The van der Waals surface area contributed by atoms with Gasteiger partial charge in [-0.25, -0.2) is 8.42 Å². The van der Waals surface area contributed by atoms with Crippen molar-refractivity contribution in [2.24, 2.45) is 0 Å². The fraction of sp³-hybridized carbons (Fsp3) is 0.357. The smallest absolute Gasteiger partial charge is 0.220 e. The first-order valence-electron chi connectivity index (χ1n) is 6.42. The molecule has 0 amide bonds. The van der Waals surface area contributed by atoms with Crippen LogP contribution < -0.4 is 0 Å². The minimum Gasteiger partial charge on any atom is -0.364 e. The highest BCUT2D eigenvalue weighted by Crippen LogP contribution is 2.16. The van der Waals surface area contributed by atoms with E-state index in [1.54, 1.807) is 6.07 Å². The van der Waals surface area contributed by atoms with Crippen molar-refractivity contribution in [3.8, 4) is 0 Å². The van der Waals surface area contributed by atoms with E-state index in [1.807, 2.05) is 44.2 Å². The molecule has 0 N–H and O–H groups in total. The molecule has 0 atom stereocenters. The first kappa shape index (κ1) is 14.7. The molecule has 0 spiro atoms. The summed E-state index contributed by atoms with van der Waals surface area (Å²) in [6.45, 7) is 4.09. The van der Waals surface area contributed by atoms with E-state index >= 15 is 0 Å². The number of aromatic nitrogens is 1. The predicted molar refractivity (Wildman–Crippen MR) is 76.2 cm³/mol. The highest BCUT2D eigenvalue weighted by atomic mass is 32.2.